The van der Waals surface area contributed by atoms with Crippen molar-refractivity contribution < 1.29 is 14.3 Å². The molecule has 0 fully saturated rings. The molecule has 3 N–H and O–H groups in total. The summed E-state index contributed by atoms with van der Waals surface area (Å²) in [5, 5.41) is 16.3. The van der Waals surface area contributed by atoms with Crippen LogP contribution < -0.4 is 10.6 Å². The van der Waals surface area contributed by atoms with Crippen LogP contribution in [0.2, 0.25) is 0 Å². The lowest BCUT2D eigenvalue weighted by Crippen LogP contribution is -2.30. The van der Waals surface area contributed by atoms with Crippen LogP contribution in [-0.2, 0) is 5.60 Å². The Balaban J connectivity index is 1.94. The minimum absolute atomic E-state index is 0.135. The van der Waals surface area contributed by atoms with Gasteiger partial charge in [-0.25, -0.2) is 4.98 Å². The van der Waals surface area contributed by atoms with Gasteiger partial charge in [0.2, 0.25) is 0 Å². The molecule has 1 amide bonds. The van der Waals surface area contributed by atoms with Crippen molar-refractivity contribution in [3.63, 3.8) is 0 Å². The highest BCUT2D eigenvalue weighted by Crippen LogP contribution is 2.23. The first-order valence-electron chi connectivity index (χ1n) is 7.70. The van der Waals surface area contributed by atoms with Gasteiger partial charge in [0, 0.05) is 12.7 Å². The molecular weight excluding hydrogens is 294 g/mol. The number of pyridine rings is 1. The molecule has 0 saturated carbocycles. The van der Waals surface area contributed by atoms with Gasteiger partial charge in [0.15, 0.2) is 0 Å². The molecule has 2 heterocycles. The maximum absolute atomic E-state index is 11.8. The lowest BCUT2D eigenvalue weighted by Gasteiger charge is -2.21. The first kappa shape index (κ1) is 17.0. The number of aliphatic hydroxyl groups is 1. The third kappa shape index (κ3) is 4.56. The summed E-state index contributed by atoms with van der Waals surface area (Å²) in [5.74, 6) is 1.70. The number of hydrogen-bond donors (Lipinski definition) is 3. The highest BCUT2D eigenvalue weighted by molar-refractivity contribution is 5.93. The molecule has 1 atom stereocenters. The first-order valence-corrected chi connectivity index (χ1v) is 7.70. The van der Waals surface area contributed by atoms with Gasteiger partial charge in [0.05, 0.1) is 12.1 Å². The summed E-state index contributed by atoms with van der Waals surface area (Å²) in [6.45, 7) is 6.39. The first-order chi connectivity index (χ1) is 10.9. The van der Waals surface area contributed by atoms with E-state index in [0.29, 0.717) is 23.7 Å². The lowest BCUT2D eigenvalue weighted by atomic mass is 10.0. The highest BCUT2D eigenvalue weighted by Gasteiger charge is 2.26. The number of nitrogens with one attached hydrogen (secondary N) is 2. The molecule has 0 aliphatic rings. The standard InChI is InChI=1S/C17H23N3O3/c1-4-9-18-16(21)13-6-8-15(19-10-13)20-11-17(3,22)14-7-5-12(2)23-14/h5-8,10,22H,4,9,11H2,1-3H3,(H,18,21)(H,19,20). The van der Waals surface area contributed by atoms with Crippen LogP contribution in [0.4, 0.5) is 5.82 Å². The van der Waals surface area contributed by atoms with E-state index >= 15 is 0 Å². The molecule has 6 nitrogen and oxygen atoms in total. The van der Waals surface area contributed by atoms with E-state index < -0.39 is 5.60 Å². The van der Waals surface area contributed by atoms with Gasteiger partial charge in [-0.1, -0.05) is 6.92 Å². The molecule has 0 aliphatic carbocycles. The zero-order valence-corrected chi connectivity index (χ0v) is 13.7. The second kappa shape index (κ2) is 7.28. The summed E-state index contributed by atoms with van der Waals surface area (Å²) in [6, 6.07) is 6.98. The van der Waals surface area contributed by atoms with Crippen molar-refractivity contribution in [1.82, 2.24) is 10.3 Å². The summed E-state index contributed by atoms with van der Waals surface area (Å²) in [5.41, 5.74) is -0.634. The van der Waals surface area contributed by atoms with Crippen LogP contribution in [0, 0.1) is 6.92 Å². The van der Waals surface area contributed by atoms with E-state index in [2.05, 4.69) is 15.6 Å². The minimum atomic E-state index is -1.15. The fourth-order valence-corrected chi connectivity index (χ4v) is 2.05. The highest BCUT2D eigenvalue weighted by atomic mass is 16.4. The Kier molecular flexibility index (Phi) is 5.39. The summed E-state index contributed by atoms with van der Waals surface area (Å²) in [7, 11) is 0. The smallest absolute Gasteiger partial charge is 0.252 e. The van der Waals surface area contributed by atoms with E-state index in [0.717, 1.165) is 12.2 Å². The number of hydrogen-bond acceptors (Lipinski definition) is 5. The maximum Gasteiger partial charge on any atom is 0.252 e. The quantitative estimate of drug-likeness (QED) is 0.730. The minimum Gasteiger partial charge on any atom is -0.463 e. The number of carbonyl (C=O) groups is 1. The van der Waals surface area contributed by atoms with Crippen molar-refractivity contribution in [3.8, 4) is 0 Å². The molecule has 23 heavy (non-hydrogen) atoms. The van der Waals surface area contributed by atoms with Gasteiger partial charge < -0.3 is 20.2 Å². The number of carbonyl (C=O) groups excluding carboxylic acids is 1. The second-order valence-electron chi connectivity index (χ2n) is 5.73. The summed E-state index contributed by atoms with van der Waals surface area (Å²) >= 11 is 0. The van der Waals surface area contributed by atoms with Gasteiger partial charge >= 0.3 is 0 Å². The third-order valence-electron chi connectivity index (χ3n) is 3.45. The zero-order valence-electron chi connectivity index (χ0n) is 13.7. The van der Waals surface area contributed by atoms with E-state index in [1.165, 1.54) is 6.20 Å². The van der Waals surface area contributed by atoms with Gasteiger partial charge in [-0.15, -0.1) is 0 Å². The average Bonchev–Trinajstić information content (AvgIpc) is 2.98. The van der Waals surface area contributed by atoms with Crippen molar-refractivity contribution >= 4 is 11.7 Å². The average molecular weight is 317 g/mol. The van der Waals surface area contributed by atoms with Crippen molar-refractivity contribution in [1.29, 1.82) is 0 Å². The summed E-state index contributed by atoms with van der Waals surface area (Å²) in [4.78, 5) is 16.0. The SMILES string of the molecule is CCCNC(=O)c1ccc(NCC(C)(O)c2ccc(C)o2)nc1. The number of anilines is 1. The second-order valence-corrected chi connectivity index (χ2v) is 5.73. The normalized spacial score (nSPS) is 13.4. The van der Waals surface area contributed by atoms with Crippen LogP contribution in [0.25, 0.3) is 0 Å². The molecule has 2 aromatic rings. The molecular formula is C17H23N3O3. The predicted molar refractivity (Wildman–Crippen MR) is 88.4 cm³/mol. The Hall–Kier alpha value is -2.34. The van der Waals surface area contributed by atoms with E-state index in [9.17, 15) is 9.90 Å². The number of nitrogens with zero attached hydrogens (tertiary/aromatic N) is 1. The van der Waals surface area contributed by atoms with Gasteiger partial charge in [-0.2, -0.15) is 0 Å². The van der Waals surface area contributed by atoms with Gasteiger partial charge in [-0.3, -0.25) is 4.79 Å². The predicted octanol–water partition coefficient (Wildman–Crippen LogP) is 2.44. The van der Waals surface area contributed by atoms with Crippen molar-refractivity contribution in [2.24, 2.45) is 0 Å². The Bertz CT molecular complexity index is 647. The summed E-state index contributed by atoms with van der Waals surface area (Å²) in [6.07, 6.45) is 2.40. The Morgan fingerprint density at radius 3 is 2.70 bits per heavy atom. The molecule has 0 saturated heterocycles. The Morgan fingerprint density at radius 2 is 2.13 bits per heavy atom. The maximum atomic E-state index is 11.8. The Labute approximate surface area is 135 Å². The van der Waals surface area contributed by atoms with Crippen molar-refractivity contribution in [2.75, 3.05) is 18.4 Å². The topological polar surface area (TPSA) is 87.4 Å². The number of aromatic nitrogens is 1. The Morgan fingerprint density at radius 1 is 1.35 bits per heavy atom. The lowest BCUT2D eigenvalue weighted by molar-refractivity contribution is 0.0467. The van der Waals surface area contributed by atoms with Crippen LogP contribution in [0.15, 0.2) is 34.9 Å². The van der Waals surface area contributed by atoms with E-state index in [1.807, 2.05) is 19.9 Å². The number of furan rings is 1. The third-order valence-corrected chi connectivity index (χ3v) is 3.45. The molecule has 0 bridgehead atoms. The van der Waals surface area contributed by atoms with Gasteiger partial charge in [0.1, 0.15) is 22.9 Å². The zero-order chi connectivity index (χ0) is 16.9. The van der Waals surface area contributed by atoms with E-state index in [4.69, 9.17) is 4.42 Å². The number of aryl methyl sites for hydroxylation is 1. The van der Waals surface area contributed by atoms with Crippen molar-refractivity contribution in [2.45, 2.75) is 32.8 Å². The monoisotopic (exact) mass is 317 g/mol. The fraction of sp³-hybridized carbons (Fsp3) is 0.412. The van der Waals surface area contributed by atoms with Crippen LogP contribution in [0.1, 0.15) is 42.1 Å². The molecule has 0 spiro atoms. The van der Waals surface area contributed by atoms with Gasteiger partial charge in [-0.05, 0) is 44.5 Å². The molecule has 0 radical (unpaired) electrons. The van der Waals surface area contributed by atoms with Crippen LogP contribution in [-0.4, -0.2) is 29.1 Å². The molecule has 2 aromatic heterocycles. The molecule has 124 valence electrons. The van der Waals surface area contributed by atoms with Crippen LogP contribution >= 0.6 is 0 Å². The number of amides is 1. The van der Waals surface area contributed by atoms with Crippen LogP contribution in [0.5, 0.6) is 0 Å². The molecule has 0 aliphatic heterocycles. The molecule has 6 heteroatoms. The molecule has 1 unspecified atom stereocenters. The van der Waals surface area contributed by atoms with E-state index in [1.54, 1.807) is 25.1 Å². The number of rotatable bonds is 7. The molecule has 2 rings (SSSR count). The van der Waals surface area contributed by atoms with E-state index in [-0.39, 0.29) is 12.5 Å². The van der Waals surface area contributed by atoms with Gasteiger partial charge in [0.25, 0.3) is 5.91 Å². The summed E-state index contributed by atoms with van der Waals surface area (Å²) < 4.78 is 5.46. The fourth-order valence-electron chi connectivity index (χ4n) is 2.05. The van der Waals surface area contributed by atoms with Crippen LogP contribution in [0.3, 0.4) is 0 Å². The largest absolute Gasteiger partial charge is 0.463 e. The van der Waals surface area contributed by atoms with Crippen molar-refractivity contribution in [3.05, 3.63) is 47.5 Å². The molecule has 0 aromatic carbocycles.